The van der Waals surface area contributed by atoms with Crippen molar-refractivity contribution in [2.45, 2.75) is 19.8 Å². The molecule has 2 aromatic rings. The number of benzene rings is 1. The van der Waals surface area contributed by atoms with Crippen LogP contribution in [0.1, 0.15) is 30.9 Å². The molecule has 0 unspecified atom stereocenters. The predicted octanol–water partition coefficient (Wildman–Crippen LogP) is 3.63. The molecule has 1 fully saturated rings. The van der Waals surface area contributed by atoms with Crippen LogP contribution >= 0.6 is 11.3 Å². The number of nitrogens with zero attached hydrogens (tertiary/aromatic N) is 3. The van der Waals surface area contributed by atoms with Gasteiger partial charge in [-0.3, -0.25) is 4.79 Å². The van der Waals surface area contributed by atoms with E-state index in [1.54, 1.807) is 17.4 Å². The zero-order chi connectivity index (χ0) is 16.9. The maximum absolute atomic E-state index is 12.3. The smallest absolute Gasteiger partial charge is 0.246 e. The number of aromatic nitrogens is 1. The van der Waals surface area contributed by atoms with Crippen molar-refractivity contribution in [3.05, 3.63) is 53.0 Å². The van der Waals surface area contributed by atoms with Gasteiger partial charge in [0.1, 0.15) is 0 Å². The molecular weight excluding hydrogens is 318 g/mol. The average molecular weight is 341 g/mol. The maximum atomic E-state index is 12.3. The minimum Gasteiger partial charge on any atom is -0.345 e. The second-order valence-corrected chi connectivity index (χ2v) is 7.15. The van der Waals surface area contributed by atoms with Crippen LogP contribution in [0.4, 0.5) is 5.13 Å². The van der Waals surface area contributed by atoms with Crippen molar-refractivity contribution in [1.82, 2.24) is 9.88 Å². The molecule has 3 rings (SSSR count). The second-order valence-electron chi connectivity index (χ2n) is 6.28. The number of anilines is 1. The summed E-state index contributed by atoms with van der Waals surface area (Å²) in [5.74, 6) is 0.612. The van der Waals surface area contributed by atoms with E-state index in [9.17, 15) is 4.79 Å². The zero-order valence-corrected chi connectivity index (χ0v) is 15.0. The summed E-state index contributed by atoms with van der Waals surface area (Å²) in [6.45, 7) is 7.54. The SMILES string of the molecule is CC(C)c1ccc(C=CC(=O)N2CCN(c3nccs3)CC2)cc1. The van der Waals surface area contributed by atoms with Gasteiger partial charge in [0, 0.05) is 43.8 Å². The van der Waals surface area contributed by atoms with Crippen LogP contribution in [0.3, 0.4) is 0 Å². The zero-order valence-electron chi connectivity index (χ0n) is 14.2. The van der Waals surface area contributed by atoms with Crippen LogP contribution in [0.5, 0.6) is 0 Å². The second kappa shape index (κ2) is 7.62. The summed E-state index contributed by atoms with van der Waals surface area (Å²) in [6.07, 6.45) is 5.41. The van der Waals surface area contributed by atoms with Gasteiger partial charge in [-0.1, -0.05) is 38.1 Å². The summed E-state index contributed by atoms with van der Waals surface area (Å²) >= 11 is 1.65. The summed E-state index contributed by atoms with van der Waals surface area (Å²) in [5.41, 5.74) is 2.38. The number of piperazine rings is 1. The fourth-order valence-corrected chi connectivity index (χ4v) is 3.45. The fraction of sp³-hybridized carbons (Fsp3) is 0.368. The van der Waals surface area contributed by atoms with Gasteiger partial charge in [0.2, 0.25) is 5.91 Å². The van der Waals surface area contributed by atoms with Crippen molar-refractivity contribution in [2.75, 3.05) is 31.1 Å². The summed E-state index contributed by atoms with van der Waals surface area (Å²) in [6, 6.07) is 8.39. The van der Waals surface area contributed by atoms with Crippen molar-refractivity contribution < 1.29 is 4.79 Å². The van der Waals surface area contributed by atoms with E-state index in [0.29, 0.717) is 5.92 Å². The molecule has 5 heteroatoms. The summed E-state index contributed by atoms with van der Waals surface area (Å²) < 4.78 is 0. The predicted molar refractivity (Wildman–Crippen MR) is 100 cm³/mol. The number of carbonyl (C=O) groups is 1. The Morgan fingerprint density at radius 1 is 1.17 bits per heavy atom. The molecule has 0 aliphatic carbocycles. The van der Waals surface area contributed by atoms with E-state index < -0.39 is 0 Å². The van der Waals surface area contributed by atoms with Crippen LogP contribution < -0.4 is 4.90 Å². The molecule has 1 saturated heterocycles. The van der Waals surface area contributed by atoms with E-state index >= 15 is 0 Å². The lowest BCUT2D eigenvalue weighted by Gasteiger charge is -2.34. The van der Waals surface area contributed by atoms with Crippen LogP contribution in [-0.2, 0) is 4.79 Å². The monoisotopic (exact) mass is 341 g/mol. The van der Waals surface area contributed by atoms with Gasteiger partial charge in [-0.15, -0.1) is 11.3 Å². The van der Waals surface area contributed by atoms with Gasteiger partial charge in [0.25, 0.3) is 0 Å². The van der Waals surface area contributed by atoms with Crippen molar-refractivity contribution in [3.8, 4) is 0 Å². The van der Waals surface area contributed by atoms with Crippen molar-refractivity contribution in [2.24, 2.45) is 0 Å². The molecule has 1 aliphatic rings. The van der Waals surface area contributed by atoms with Gasteiger partial charge in [-0.05, 0) is 23.1 Å². The van der Waals surface area contributed by atoms with Crippen LogP contribution in [-0.4, -0.2) is 42.0 Å². The standard InChI is InChI=1S/C19H23N3OS/c1-15(2)17-6-3-16(4-7-17)5-8-18(23)21-10-12-22(13-11-21)19-20-9-14-24-19/h3-9,14-15H,10-13H2,1-2H3. The van der Waals surface area contributed by atoms with Crippen LogP contribution in [0.2, 0.25) is 0 Å². The lowest BCUT2D eigenvalue weighted by Crippen LogP contribution is -2.48. The third kappa shape index (κ3) is 4.03. The first-order valence-electron chi connectivity index (χ1n) is 8.35. The van der Waals surface area contributed by atoms with Crippen molar-refractivity contribution in [3.63, 3.8) is 0 Å². The first kappa shape index (κ1) is 16.7. The molecule has 0 radical (unpaired) electrons. The number of rotatable bonds is 4. The summed E-state index contributed by atoms with van der Waals surface area (Å²) in [7, 11) is 0. The number of thiazole rings is 1. The fourth-order valence-electron chi connectivity index (χ4n) is 2.76. The maximum Gasteiger partial charge on any atom is 0.246 e. The molecule has 1 aliphatic heterocycles. The number of amides is 1. The summed E-state index contributed by atoms with van der Waals surface area (Å²) in [5, 5.41) is 3.03. The Morgan fingerprint density at radius 3 is 2.46 bits per heavy atom. The average Bonchev–Trinajstić information content (AvgIpc) is 3.15. The Bertz CT molecular complexity index is 684. The third-order valence-electron chi connectivity index (χ3n) is 4.30. The highest BCUT2D eigenvalue weighted by Gasteiger charge is 2.20. The molecular formula is C19H23N3OS. The van der Waals surface area contributed by atoms with E-state index in [-0.39, 0.29) is 5.91 Å². The highest BCUT2D eigenvalue weighted by Crippen LogP contribution is 2.19. The largest absolute Gasteiger partial charge is 0.345 e. The molecule has 0 saturated carbocycles. The Morgan fingerprint density at radius 2 is 1.88 bits per heavy atom. The van der Waals surface area contributed by atoms with Crippen LogP contribution in [0, 0.1) is 0 Å². The molecule has 0 spiro atoms. The Balaban J connectivity index is 1.53. The Labute approximate surface area is 147 Å². The van der Waals surface area contributed by atoms with E-state index in [1.807, 2.05) is 22.6 Å². The highest BCUT2D eigenvalue weighted by molar-refractivity contribution is 7.13. The van der Waals surface area contributed by atoms with E-state index in [0.717, 1.165) is 36.9 Å². The van der Waals surface area contributed by atoms with Gasteiger partial charge >= 0.3 is 0 Å². The topological polar surface area (TPSA) is 36.4 Å². The van der Waals surface area contributed by atoms with E-state index in [1.165, 1.54) is 5.56 Å². The molecule has 1 aromatic heterocycles. The Hall–Kier alpha value is -2.14. The van der Waals surface area contributed by atoms with Gasteiger partial charge in [0.15, 0.2) is 5.13 Å². The molecule has 0 atom stereocenters. The molecule has 4 nitrogen and oxygen atoms in total. The first-order chi connectivity index (χ1) is 11.6. The lowest BCUT2D eigenvalue weighted by atomic mass is 10.0. The first-order valence-corrected chi connectivity index (χ1v) is 9.23. The van der Waals surface area contributed by atoms with Crippen LogP contribution in [0.25, 0.3) is 6.08 Å². The molecule has 1 amide bonds. The molecule has 24 heavy (non-hydrogen) atoms. The van der Waals surface area contributed by atoms with Gasteiger partial charge in [-0.25, -0.2) is 4.98 Å². The molecule has 1 aromatic carbocycles. The van der Waals surface area contributed by atoms with Gasteiger partial charge in [0.05, 0.1) is 0 Å². The van der Waals surface area contributed by atoms with Crippen molar-refractivity contribution in [1.29, 1.82) is 0 Å². The van der Waals surface area contributed by atoms with E-state index in [2.05, 4.69) is 48.0 Å². The Kier molecular flexibility index (Phi) is 5.30. The molecule has 126 valence electrons. The van der Waals surface area contributed by atoms with Gasteiger partial charge < -0.3 is 9.80 Å². The number of hydrogen-bond acceptors (Lipinski definition) is 4. The quantitative estimate of drug-likeness (QED) is 0.797. The van der Waals surface area contributed by atoms with Crippen molar-refractivity contribution >= 4 is 28.5 Å². The normalized spacial score (nSPS) is 15.5. The lowest BCUT2D eigenvalue weighted by molar-refractivity contribution is -0.126. The number of hydrogen-bond donors (Lipinski definition) is 0. The van der Waals surface area contributed by atoms with Gasteiger partial charge in [-0.2, -0.15) is 0 Å². The molecule has 2 heterocycles. The highest BCUT2D eigenvalue weighted by atomic mass is 32.1. The minimum absolute atomic E-state index is 0.0849. The molecule has 0 bridgehead atoms. The molecule has 0 N–H and O–H groups in total. The van der Waals surface area contributed by atoms with Crippen LogP contribution in [0.15, 0.2) is 41.9 Å². The van der Waals surface area contributed by atoms with E-state index in [4.69, 9.17) is 0 Å². The minimum atomic E-state index is 0.0849. The number of carbonyl (C=O) groups excluding carboxylic acids is 1. The summed E-state index contributed by atoms with van der Waals surface area (Å²) in [4.78, 5) is 20.8. The third-order valence-corrected chi connectivity index (χ3v) is 5.13.